The van der Waals surface area contributed by atoms with Crippen LogP contribution in [-0.2, 0) is 17.1 Å². The van der Waals surface area contributed by atoms with Gasteiger partial charge in [0.15, 0.2) is 6.10 Å². The molecule has 0 amide bonds. The molecule has 1 aromatic carbocycles. The van der Waals surface area contributed by atoms with Crippen molar-refractivity contribution in [2.24, 2.45) is 4.99 Å². The Balaban J connectivity index is 2.46. The number of nitrogens with zero attached hydrogens (tertiary/aromatic N) is 1. The fourth-order valence-electron chi connectivity index (χ4n) is 2.42. The minimum Gasteiger partial charge on any atom is -0.448 e. The third kappa shape index (κ3) is 5.50. The summed E-state index contributed by atoms with van der Waals surface area (Å²) in [7, 11) is 0. The van der Waals surface area contributed by atoms with Crippen LogP contribution in [0.15, 0.2) is 23.2 Å². The van der Waals surface area contributed by atoms with Crippen LogP contribution in [0.1, 0.15) is 29.5 Å². The zero-order valence-corrected chi connectivity index (χ0v) is 13.5. The summed E-state index contributed by atoms with van der Waals surface area (Å²) < 4.78 is 119. The molecule has 0 spiro atoms. The summed E-state index contributed by atoms with van der Waals surface area (Å²) in [6.07, 6.45) is -21.6. The highest BCUT2D eigenvalue weighted by Crippen LogP contribution is 2.37. The van der Waals surface area contributed by atoms with Gasteiger partial charge < -0.3 is 14.9 Å². The van der Waals surface area contributed by atoms with Gasteiger partial charge in [0.25, 0.3) is 0 Å². The average molecular weight is 425 g/mol. The highest BCUT2D eigenvalue weighted by Gasteiger charge is 2.41. The van der Waals surface area contributed by atoms with Crippen LogP contribution in [0.3, 0.4) is 0 Å². The Morgan fingerprint density at radius 3 is 1.89 bits per heavy atom. The second-order valence-electron chi connectivity index (χ2n) is 5.98. The largest absolute Gasteiger partial charge is 0.448 e. The average Bonchev–Trinajstić information content (AvgIpc) is 2.51. The van der Waals surface area contributed by atoms with Gasteiger partial charge in [0.2, 0.25) is 12.2 Å². The number of aliphatic imine (C=N–C) groups is 1. The topological polar surface area (TPSA) is 62.0 Å². The molecule has 0 saturated carbocycles. The first-order valence-electron chi connectivity index (χ1n) is 7.54. The van der Waals surface area contributed by atoms with E-state index in [9.17, 15) is 44.6 Å². The number of alkyl halides is 9. The molecule has 0 radical (unpaired) electrons. The molecule has 13 heteroatoms. The van der Waals surface area contributed by atoms with Crippen LogP contribution in [0.4, 0.5) is 39.5 Å². The molecule has 4 nitrogen and oxygen atoms in total. The number of hydrogen-bond donors (Lipinski definition) is 2. The van der Waals surface area contributed by atoms with Crippen molar-refractivity contribution in [3.05, 3.63) is 34.9 Å². The number of aliphatic hydroxyl groups is 2. The Labute approximate surface area is 151 Å². The maximum absolute atomic E-state index is 12.9. The minimum atomic E-state index is -5.16. The van der Waals surface area contributed by atoms with E-state index >= 15 is 0 Å². The summed E-state index contributed by atoms with van der Waals surface area (Å²) in [4.78, 5) is 3.54. The van der Waals surface area contributed by atoms with Crippen LogP contribution < -0.4 is 0 Å². The Kier molecular flexibility index (Phi) is 5.91. The monoisotopic (exact) mass is 425 g/mol. The van der Waals surface area contributed by atoms with Gasteiger partial charge in [-0.2, -0.15) is 39.5 Å². The Morgan fingerprint density at radius 1 is 0.964 bits per heavy atom. The molecule has 0 aliphatic carbocycles. The maximum atomic E-state index is 12.9. The van der Waals surface area contributed by atoms with E-state index < -0.39 is 72.4 Å². The summed E-state index contributed by atoms with van der Waals surface area (Å²) in [6, 6.07) is -1.06. The van der Waals surface area contributed by atoms with E-state index in [1.807, 2.05) is 0 Å². The SMILES string of the molecule is OC1CC(CC(O)C(F)(F)F)N=C(c2cc(C(F)(F)F)cc(C(F)(F)F)c2)O1. The van der Waals surface area contributed by atoms with Crippen LogP contribution in [-0.4, -0.2) is 40.7 Å². The zero-order chi connectivity index (χ0) is 21.5. The lowest BCUT2D eigenvalue weighted by Crippen LogP contribution is -2.36. The van der Waals surface area contributed by atoms with E-state index in [-0.39, 0.29) is 18.2 Å². The Hall–Kier alpha value is -2.02. The van der Waals surface area contributed by atoms with E-state index in [0.717, 1.165) is 0 Å². The number of aliphatic hydroxyl groups excluding tert-OH is 2. The highest BCUT2D eigenvalue weighted by atomic mass is 19.4. The van der Waals surface area contributed by atoms with Crippen molar-refractivity contribution in [3.63, 3.8) is 0 Å². The molecule has 0 fully saturated rings. The van der Waals surface area contributed by atoms with Gasteiger partial charge in [-0.15, -0.1) is 0 Å². The van der Waals surface area contributed by atoms with E-state index in [1.165, 1.54) is 0 Å². The minimum absolute atomic E-state index is 0.145. The van der Waals surface area contributed by atoms with E-state index in [2.05, 4.69) is 4.99 Å². The lowest BCUT2D eigenvalue weighted by Gasteiger charge is -2.27. The van der Waals surface area contributed by atoms with Crippen molar-refractivity contribution in [2.45, 2.75) is 49.8 Å². The molecular weight excluding hydrogens is 413 g/mol. The van der Waals surface area contributed by atoms with Gasteiger partial charge in [0, 0.05) is 18.4 Å². The van der Waals surface area contributed by atoms with Gasteiger partial charge in [-0.25, -0.2) is 4.99 Å². The molecule has 3 atom stereocenters. The summed E-state index contributed by atoms with van der Waals surface area (Å²) in [6.45, 7) is 0. The van der Waals surface area contributed by atoms with Crippen LogP contribution >= 0.6 is 0 Å². The summed E-state index contributed by atoms with van der Waals surface area (Å²) >= 11 is 0. The predicted octanol–water partition coefficient (Wildman–Crippen LogP) is 3.89. The third-order valence-corrected chi connectivity index (χ3v) is 3.73. The standard InChI is InChI=1S/C15H12F9NO3/c16-13(17,18)7-1-6(2-8(3-7)14(19,20)21)12-25-9(5-11(27)28-12)4-10(26)15(22,23)24/h1-3,9-11,26-27H,4-5H2. The number of benzene rings is 1. The first-order chi connectivity index (χ1) is 12.6. The number of rotatable bonds is 3. The molecule has 1 aliphatic heterocycles. The van der Waals surface area contributed by atoms with E-state index in [4.69, 9.17) is 9.84 Å². The van der Waals surface area contributed by atoms with Gasteiger partial charge in [0.1, 0.15) is 0 Å². The van der Waals surface area contributed by atoms with E-state index in [1.54, 1.807) is 0 Å². The molecule has 0 bridgehead atoms. The van der Waals surface area contributed by atoms with Gasteiger partial charge >= 0.3 is 18.5 Å². The molecule has 2 N–H and O–H groups in total. The molecule has 1 aliphatic rings. The highest BCUT2D eigenvalue weighted by molar-refractivity contribution is 5.95. The zero-order valence-electron chi connectivity index (χ0n) is 13.5. The molecule has 28 heavy (non-hydrogen) atoms. The number of halogens is 9. The second kappa shape index (κ2) is 7.43. The van der Waals surface area contributed by atoms with Crippen molar-refractivity contribution in [1.82, 2.24) is 0 Å². The number of hydrogen-bond acceptors (Lipinski definition) is 4. The van der Waals surface area contributed by atoms with Crippen LogP contribution in [0, 0.1) is 0 Å². The Morgan fingerprint density at radius 2 is 1.46 bits per heavy atom. The van der Waals surface area contributed by atoms with Crippen molar-refractivity contribution in [1.29, 1.82) is 0 Å². The normalized spacial score (nSPS) is 22.5. The maximum Gasteiger partial charge on any atom is 0.416 e. The summed E-state index contributed by atoms with van der Waals surface area (Å²) in [5.41, 5.74) is -4.20. The first kappa shape index (κ1) is 22.3. The van der Waals surface area contributed by atoms with Gasteiger partial charge in [-0.3, -0.25) is 0 Å². The molecule has 158 valence electrons. The van der Waals surface area contributed by atoms with Crippen LogP contribution in [0.5, 0.6) is 0 Å². The molecule has 0 aromatic heterocycles. The van der Waals surface area contributed by atoms with Crippen molar-refractivity contribution < 1.29 is 54.5 Å². The van der Waals surface area contributed by atoms with Gasteiger partial charge in [0.05, 0.1) is 17.2 Å². The molecule has 3 unspecified atom stereocenters. The molecule has 1 aromatic rings. The number of ether oxygens (including phenoxy) is 1. The lowest BCUT2D eigenvalue weighted by molar-refractivity contribution is -0.207. The molecule has 1 heterocycles. The smallest absolute Gasteiger partial charge is 0.416 e. The van der Waals surface area contributed by atoms with Crippen LogP contribution in [0.2, 0.25) is 0 Å². The fourth-order valence-corrected chi connectivity index (χ4v) is 2.42. The quantitative estimate of drug-likeness (QED) is 0.723. The Bertz CT molecular complexity index is 707. The van der Waals surface area contributed by atoms with Gasteiger partial charge in [-0.05, 0) is 18.2 Å². The third-order valence-electron chi connectivity index (χ3n) is 3.73. The van der Waals surface area contributed by atoms with E-state index in [0.29, 0.717) is 0 Å². The first-order valence-corrected chi connectivity index (χ1v) is 7.54. The van der Waals surface area contributed by atoms with Crippen molar-refractivity contribution in [2.75, 3.05) is 0 Å². The molecular formula is C15H12F9NO3. The van der Waals surface area contributed by atoms with Crippen molar-refractivity contribution >= 4 is 5.90 Å². The lowest BCUT2D eigenvalue weighted by atomic mass is 10.0. The summed E-state index contributed by atoms with van der Waals surface area (Å²) in [5, 5.41) is 18.6. The second-order valence-corrected chi connectivity index (χ2v) is 5.98. The summed E-state index contributed by atoms with van der Waals surface area (Å²) in [5.74, 6) is -0.894. The fraction of sp³-hybridized carbons (Fsp3) is 0.533. The van der Waals surface area contributed by atoms with Crippen molar-refractivity contribution in [3.8, 4) is 0 Å². The predicted molar refractivity (Wildman–Crippen MR) is 75.2 cm³/mol. The van der Waals surface area contributed by atoms with Crippen LogP contribution in [0.25, 0.3) is 0 Å². The molecule has 2 rings (SSSR count). The van der Waals surface area contributed by atoms with Gasteiger partial charge in [-0.1, -0.05) is 0 Å². The molecule has 0 saturated heterocycles.